The minimum atomic E-state index is -3.55. The van der Waals surface area contributed by atoms with E-state index in [2.05, 4.69) is 15.3 Å². The van der Waals surface area contributed by atoms with Gasteiger partial charge in [0.25, 0.3) is 5.91 Å². The van der Waals surface area contributed by atoms with Crippen LogP contribution in [0.25, 0.3) is 0 Å². The van der Waals surface area contributed by atoms with Gasteiger partial charge in [0.15, 0.2) is 14.9 Å². The number of carbonyl (C=O) groups is 1. The van der Waals surface area contributed by atoms with Crippen molar-refractivity contribution in [3.63, 3.8) is 0 Å². The fraction of sp³-hybridized carbons (Fsp3) is 0.312. The zero-order valence-electron chi connectivity index (χ0n) is 13.2. The molecule has 128 valence electrons. The highest BCUT2D eigenvalue weighted by molar-refractivity contribution is 7.91. The second kappa shape index (κ2) is 7.98. The summed E-state index contributed by atoms with van der Waals surface area (Å²) in [5.74, 6) is -0.441. The number of sulfone groups is 1. The van der Waals surface area contributed by atoms with Gasteiger partial charge < -0.3 is 10.4 Å². The largest absolute Gasteiger partial charge is 0.396 e. The van der Waals surface area contributed by atoms with Crippen LogP contribution in [0.4, 0.5) is 0 Å². The molecule has 1 atom stereocenters. The summed E-state index contributed by atoms with van der Waals surface area (Å²) in [5, 5.41) is 11.5. The van der Waals surface area contributed by atoms with E-state index in [0.717, 1.165) is 0 Å². The molecule has 8 heteroatoms. The number of aliphatic hydroxyl groups is 1. The monoisotopic (exact) mass is 349 g/mol. The van der Waals surface area contributed by atoms with Gasteiger partial charge in [0.05, 0.1) is 11.8 Å². The number of pyridine rings is 2. The smallest absolute Gasteiger partial charge is 0.251 e. The van der Waals surface area contributed by atoms with Crippen molar-refractivity contribution in [1.29, 1.82) is 0 Å². The fourth-order valence-electron chi connectivity index (χ4n) is 2.09. The first-order chi connectivity index (χ1) is 11.4. The number of amides is 1. The fourth-order valence-corrected chi connectivity index (χ4v) is 3.35. The molecular weight excluding hydrogens is 330 g/mol. The summed E-state index contributed by atoms with van der Waals surface area (Å²) in [4.78, 5) is 19.9. The van der Waals surface area contributed by atoms with Crippen LogP contribution < -0.4 is 5.32 Å². The lowest BCUT2D eigenvalue weighted by Crippen LogP contribution is -2.26. The van der Waals surface area contributed by atoms with Gasteiger partial charge in [-0.2, -0.15) is 0 Å². The Morgan fingerprint density at radius 3 is 2.62 bits per heavy atom. The second-order valence-electron chi connectivity index (χ2n) is 5.25. The Hall–Kier alpha value is -2.32. The van der Waals surface area contributed by atoms with Crippen LogP contribution in [-0.4, -0.2) is 41.8 Å². The Bertz CT molecular complexity index is 794. The van der Waals surface area contributed by atoms with Crippen LogP contribution in [0.5, 0.6) is 0 Å². The number of rotatable bonds is 7. The highest BCUT2D eigenvalue weighted by Crippen LogP contribution is 2.17. The maximum absolute atomic E-state index is 12.2. The van der Waals surface area contributed by atoms with Crippen LogP contribution in [0.2, 0.25) is 0 Å². The van der Waals surface area contributed by atoms with E-state index in [1.165, 1.54) is 24.7 Å². The van der Waals surface area contributed by atoms with E-state index in [-0.39, 0.29) is 35.8 Å². The predicted octanol–water partition coefficient (Wildman–Crippen LogP) is 1.12. The third kappa shape index (κ3) is 4.59. The molecule has 0 fully saturated rings. The molecule has 0 aromatic carbocycles. The van der Waals surface area contributed by atoms with Crippen LogP contribution in [0.3, 0.4) is 0 Å². The van der Waals surface area contributed by atoms with Crippen molar-refractivity contribution in [2.24, 2.45) is 0 Å². The minimum absolute atomic E-state index is 0.0570. The molecule has 0 aliphatic rings. The maximum Gasteiger partial charge on any atom is 0.251 e. The van der Waals surface area contributed by atoms with Crippen molar-refractivity contribution >= 4 is 15.7 Å². The molecule has 0 saturated heterocycles. The van der Waals surface area contributed by atoms with Gasteiger partial charge in [-0.05, 0) is 43.2 Å². The van der Waals surface area contributed by atoms with E-state index in [4.69, 9.17) is 5.11 Å². The Morgan fingerprint density at radius 2 is 1.96 bits per heavy atom. The zero-order valence-corrected chi connectivity index (χ0v) is 14.0. The molecule has 24 heavy (non-hydrogen) atoms. The summed E-state index contributed by atoms with van der Waals surface area (Å²) >= 11 is 0. The highest BCUT2D eigenvalue weighted by atomic mass is 32.2. The lowest BCUT2D eigenvalue weighted by Gasteiger charge is -2.15. The Morgan fingerprint density at radius 1 is 1.25 bits per heavy atom. The number of carbonyl (C=O) groups excluding carboxylic acids is 1. The van der Waals surface area contributed by atoms with E-state index < -0.39 is 9.84 Å². The number of nitrogens with zero attached hydrogens (tertiary/aromatic N) is 2. The van der Waals surface area contributed by atoms with E-state index in [0.29, 0.717) is 11.1 Å². The molecule has 1 amide bonds. The first kappa shape index (κ1) is 18.0. The van der Waals surface area contributed by atoms with Crippen molar-refractivity contribution in [1.82, 2.24) is 15.3 Å². The summed E-state index contributed by atoms with van der Waals surface area (Å²) in [6, 6.07) is 5.91. The lowest BCUT2D eigenvalue weighted by atomic mass is 10.1. The van der Waals surface area contributed by atoms with Gasteiger partial charge in [-0.1, -0.05) is 0 Å². The molecule has 0 aliphatic carbocycles. The molecule has 0 spiro atoms. The van der Waals surface area contributed by atoms with Gasteiger partial charge in [-0.25, -0.2) is 13.4 Å². The molecule has 7 nitrogen and oxygen atoms in total. The summed E-state index contributed by atoms with van der Waals surface area (Å²) in [7, 11) is -3.55. The van der Waals surface area contributed by atoms with Crippen LogP contribution in [0.1, 0.15) is 35.3 Å². The third-order valence-electron chi connectivity index (χ3n) is 3.44. The Balaban J connectivity index is 2.14. The summed E-state index contributed by atoms with van der Waals surface area (Å²) < 4.78 is 24.3. The third-order valence-corrected chi connectivity index (χ3v) is 5.13. The van der Waals surface area contributed by atoms with E-state index in [9.17, 15) is 13.2 Å². The maximum atomic E-state index is 12.2. The van der Waals surface area contributed by atoms with Crippen LogP contribution >= 0.6 is 0 Å². The van der Waals surface area contributed by atoms with E-state index in [1.54, 1.807) is 25.1 Å². The van der Waals surface area contributed by atoms with Gasteiger partial charge in [-0.3, -0.25) is 9.78 Å². The van der Waals surface area contributed by atoms with Gasteiger partial charge in [0.1, 0.15) is 0 Å². The van der Waals surface area contributed by atoms with Gasteiger partial charge >= 0.3 is 0 Å². The molecular formula is C16H19N3O4S. The van der Waals surface area contributed by atoms with Crippen molar-refractivity contribution < 1.29 is 18.3 Å². The van der Waals surface area contributed by atoms with Gasteiger partial charge in [0, 0.05) is 30.8 Å². The van der Waals surface area contributed by atoms with Gasteiger partial charge in [0.2, 0.25) is 0 Å². The number of nitrogens with one attached hydrogen (secondary N) is 1. The van der Waals surface area contributed by atoms with Crippen LogP contribution in [0.15, 0.2) is 47.9 Å². The molecule has 2 rings (SSSR count). The van der Waals surface area contributed by atoms with E-state index >= 15 is 0 Å². The molecule has 0 aliphatic heterocycles. The van der Waals surface area contributed by atoms with Crippen molar-refractivity contribution in [3.8, 4) is 0 Å². The first-order valence-corrected chi connectivity index (χ1v) is 9.10. The topological polar surface area (TPSA) is 109 Å². The minimum Gasteiger partial charge on any atom is -0.396 e. The summed E-state index contributed by atoms with van der Waals surface area (Å²) in [6.45, 7) is 1.57. The zero-order chi connectivity index (χ0) is 17.6. The quantitative estimate of drug-likeness (QED) is 0.775. The molecule has 2 heterocycles. The molecule has 0 radical (unpaired) electrons. The molecule has 2 aromatic rings. The highest BCUT2D eigenvalue weighted by Gasteiger charge is 2.18. The van der Waals surface area contributed by atoms with Crippen LogP contribution in [0, 0.1) is 0 Å². The molecule has 0 unspecified atom stereocenters. The van der Waals surface area contributed by atoms with Crippen molar-refractivity contribution in [2.45, 2.75) is 24.4 Å². The van der Waals surface area contributed by atoms with E-state index in [1.807, 2.05) is 0 Å². The van der Waals surface area contributed by atoms with Crippen molar-refractivity contribution in [2.75, 3.05) is 12.4 Å². The molecule has 0 saturated carbocycles. The number of hydrogen-bond donors (Lipinski definition) is 2. The summed E-state index contributed by atoms with van der Waals surface area (Å²) in [5.41, 5.74) is 1.11. The molecule has 0 bridgehead atoms. The van der Waals surface area contributed by atoms with Crippen molar-refractivity contribution in [3.05, 3.63) is 54.0 Å². The number of aromatic nitrogens is 2. The number of aliphatic hydroxyl groups excluding tert-OH is 1. The first-order valence-electron chi connectivity index (χ1n) is 7.44. The Labute approximate surface area is 140 Å². The Kier molecular flexibility index (Phi) is 5.99. The lowest BCUT2D eigenvalue weighted by molar-refractivity contribution is 0.0939. The average molecular weight is 349 g/mol. The summed E-state index contributed by atoms with van der Waals surface area (Å²) in [6.07, 6.45) is 4.61. The normalized spacial score (nSPS) is 12.6. The van der Waals surface area contributed by atoms with Gasteiger partial charge in [-0.15, -0.1) is 0 Å². The second-order valence-corrected chi connectivity index (χ2v) is 7.31. The standard InChI is InChI=1S/C16H19N3O4S/c1-12(19-16(21)13-3-6-17-7-4-13)14-5-8-18-15(11-14)24(22,23)10-2-9-20/h3-8,11-12,20H,2,9-10H2,1H3,(H,19,21)/t12-/m0/s1. The van der Waals surface area contributed by atoms with Crippen LogP contribution in [-0.2, 0) is 9.84 Å². The predicted molar refractivity (Wildman–Crippen MR) is 88.1 cm³/mol. The SMILES string of the molecule is C[C@H](NC(=O)c1ccncc1)c1ccnc(S(=O)(=O)CCCO)c1. The average Bonchev–Trinajstić information content (AvgIpc) is 2.61. The molecule has 2 aromatic heterocycles. The molecule has 2 N–H and O–H groups in total. The number of hydrogen-bond acceptors (Lipinski definition) is 6.